The first-order chi connectivity index (χ1) is 5.82. The van der Waals surface area contributed by atoms with E-state index in [0.717, 1.165) is 0 Å². The Kier molecular flexibility index (Phi) is 2.57. The van der Waals surface area contributed by atoms with Crippen LogP contribution >= 0.6 is 11.6 Å². The van der Waals surface area contributed by atoms with Crippen LogP contribution < -0.4 is 0 Å². The van der Waals surface area contributed by atoms with E-state index in [1.165, 1.54) is 0 Å². The van der Waals surface area contributed by atoms with Crippen LogP contribution in [0.3, 0.4) is 0 Å². The van der Waals surface area contributed by atoms with Gasteiger partial charge in [-0.25, -0.2) is 14.4 Å². The van der Waals surface area contributed by atoms with E-state index in [1.54, 1.807) is 6.92 Å². The quantitative estimate of drug-likeness (QED) is 0.605. The van der Waals surface area contributed by atoms with Crippen LogP contribution in [-0.2, 0) is 5.41 Å². The van der Waals surface area contributed by atoms with Crippen molar-refractivity contribution in [3.05, 3.63) is 22.5 Å². The maximum Gasteiger partial charge on any atom is 0.182 e. The van der Waals surface area contributed by atoms with Crippen LogP contribution in [0.2, 0.25) is 5.15 Å². The predicted molar refractivity (Wildman–Crippen MR) is 50.4 cm³/mol. The molecule has 0 unspecified atom stereocenters. The maximum absolute atomic E-state index is 13.4. The molecule has 0 fully saturated rings. The molecule has 0 atom stereocenters. The lowest BCUT2D eigenvalue weighted by atomic mass is 9.91. The van der Waals surface area contributed by atoms with Crippen LogP contribution in [0.4, 0.5) is 4.39 Å². The van der Waals surface area contributed by atoms with E-state index in [1.807, 2.05) is 20.8 Å². The van der Waals surface area contributed by atoms with Crippen molar-refractivity contribution < 1.29 is 4.39 Å². The summed E-state index contributed by atoms with van der Waals surface area (Å²) in [6.45, 7) is 7.34. The van der Waals surface area contributed by atoms with Crippen LogP contribution in [0.1, 0.15) is 32.3 Å². The van der Waals surface area contributed by atoms with E-state index in [9.17, 15) is 4.39 Å². The molecule has 1 aromatic rings. The molecule has 1 heterocycles. The summed E-state index contributed by atoms with van der Waals surface area (Å²) < 4.78 is 13.4. The van der Waals surface area contributed by atoms with Crippen LogP contribution in [0.5, 0.6) is 0 Å². The smallest absolute Gasteiger partial charge is 0.182 e. The molecule has 0 amide bonds. The number of hydrogen-bond acceptors (Lipinski definition) is 2. The molecule has 0 saturated carbocycles. The molecule has 0 radical (unpaired) electrons. The Bertz CT molecular complexity index is 331. The molecule has 0 aromatic carbocycles. The minimum Gasteiger partial charge on any atom is -0.235 e. The van der Waals surface area contributed by atoms with Gasteiger partial charge >= 0.3 is 0 Å². The fraction of sp³-hybridized carbons (Fsp3) is 0.556. The van der Waals surface area contributed by atoms with Crippen LogP contribution in [0.15, 0.2) is 0 Å². The molecular formula is C9H12ClFN2. The second-order valence-electron chi connectivity index (χ2n) is 3.97. The van der Waals surface area contributed by atoms with Crippen molar-refractivity contribution in [1.82, 2.24) is 9.97 Å². The minimum absolute atomic E-state index is 0.0996. The van der Waals surface area contributed by atoms with Gasteiger partial charge in [0.25, 0.3) is 0 Å². The summed E-state index contributed by atoms with van der Waals surface area (Å²) in [7, 11) is 0. The Morgan fingerprint density at radius 1 is 1.23 bits per heavy atom. The SMILES string of the molecule is Cc1nc(Cl)c(F)c(C(C)(C)C)n1. The van der Waals surface area contributed by atoms with Gasteiger partial charge in [0.2, 0.25) is 0 Å². The average molecular weight is 203 g/mol. The van der Waals surface area contributed by atoms with E-state index in [2.05, 4.69) is 9.97 Å². The van der Waals surface area contributed by atoms with Gasteiger partial charge in [0, 0.05) is 5.41 Å². The van der Waals surface area contributed by atoms with Crippen molar-refractivity contribution in [2.24, 2.45) is 0 Å². The average Bonchev–Trinajstić information content (AvgIpc) is 1.94. The molecule has 0 aliphatic carbocycles. The highest BCUT2D eigenvalue weighted by molar-refractivity contribution is 6.29. The summed E-state index contributed by atoms with van der Waals surface area (Å²) in [5.41, 5.74) is 0.0199. The first-order valence-electron chi connectivity index (χ1n) is 4.02. The van der Waals surface area contributed by atoms with Crippen molar-refractivity contribution in [3.63, 3.8) is 0 Å². The Balaban J connectivity index is 3.37. The topological polar surface area (TPSA) is 25.8 Å². The molecule has 1 rings (SSSR count). The largest absolute Gasteiger partial charge is 0.235 e. The van der Waals surface area contributed by atoms with Gasteiger partial charge in [0.15, 0.2) is 11.0 Å². The second kappa shape index (κ2) is 3.22. The molecule has 4 heteroatoms. The van der Waals surface area contributed by atoms with Crippen molar-refractivity contribution in [3.8, 4) is 0 Å². The molecule has 0 aliphatic heterocycles. The third-order valence-electron chi connectivity index (χ3n) is 1.63. The molecule has 0 bridgehead atoms. The molecule has 0 spiro atoms. The molecule has 72 valence electrons. The van der Waals surface area contributed by atoms with Gasteiger partial charge in [-0.15, -0.1) is 0 Å². The van der Waals surface area contributed by atoms with Crippen LogP contribution in [-0.4, -0.2) is 9.97 Å². The second-order valence-corrected chi connectivity index (χ2v) is 4.33. The highest BCUT2D eigenvalue weighted by Gasteiger charge is 2.23. The Labute approximate surface area is 82.2 Å². The third kappa shape index (κ3) is 2.15. The van der Waals surface area contributed by atoms with Gasteiger partial charge in [-0.05, 0) is 6.92 Å². The number of nitrogens with zero attached hydrogens (tertiary/aromatic N) is 2. The summed E-state index contributed by atoms with van der Waals surface area (Å²) >= 11 is 5.60. The fourth-order valence-electron chi connectivity index (χ4n) is 1.02. The van der Waals surface area contributed by atoms with E-state index >= 15 is 0 Å². The van der Waals surface area contributed by atoms with E-state index in [0.29, 0.717) is 11.5 Å². The molecule has 13 heavy (non-hydrogen) atoms. The maximum atomic E-state index is 13.4. The van der Waals surface area contributed by atoms with Gasteiger partial charge in [0.05, 0.1) is 5.69 Å². The molecule has 2 nitrogen and oxygen atoms in total. The van der Waals surface area contributed by atoms with E-state index in [-0.39, 0.29) is 10.6 Å². The zero-order chi connectivity index (χ0) is 10.2. The predicted octanol–water partition coefficient (Wildman–Crippen LogP) is 2.88. The van der Waals surface area contributed by atoms with Gasteiger partial charge < -0.3 is 0 Å². The summed E-state index contributed by atoms with van der Waals surface area (Å²) in [5, 5.41) is -0.0996. The van der Waals surface area contributed by atoms with Gasteiger partial charge in [-0.3, -0.25) is 0 Å². The monoisotopic (exact) mass is 202 g/mol. The van der Waals surface area contributed by atoms with E-state index < -0.39 is 5.82 Å². The number of hydrogen-bond donors (Lipinski definition) is 0. The number of halogens is 2. The van der Waals surface area contributed by atoms with Crippen LogP contribution in [0.25, 0.3) is 0 Å². The lowest BCUT2D eigenvalue weighted by molar-refractivity contribution is 0.495. The summed E-state index contributed by atoms with van der Waals surface area (Å²) in [4.78, 5) is 7.76. The Morgan fingerprint density at radius 2 is 1.77 bits per heavy atom. The summed E-state index contributed by atoms with van der Waals surface area (Å²) in [5.74, 6) is -0.0175. The molecule has 0 saturated heterocycles. The third-order valence-corrected chi connectivity index (χ3v) is 1.88. The first-order valence-corrected chi connectivity index (χ1v) is 4.40. The van der Waals surface area contributed by atoms with Crippen molar-refractivity contribution in [1.29, 1.82) is 0 Å². The molecule has 0 N–H and O–H groups in total. The summed E-state index contributed by atoms with van der Waals surface area (Å²) in [6.07, 6.45) is 0. The zero-order valence-corrected chi connectivity index (χ0v) is 8.91. The Hall–Kier alpha value is -0.700. The normalized spacial score (nSPS) is 11.8. The van der Waals surface area contributed by atoms with Gasteiger partial charge in [-0.1, -0.05) is 32.4 Å². The van der Waals surface area contributed by atoms with E-state index in [4.69, 9.17) is 11.6 Å². The number of aromatic nitrogens is 2. The number of rotatable bonds is 0. The fourth-order valence-corrected chi connectivity index (χ4v) is 1.23. The number of aryl methyl sites for hydroxylation is 1. The van der Waals surface area contributed by atoms with Crippen molar-refractivity contribution in [2.75, 3.05) is 0 Å². The highest BCUT2D eigenvalue weighted by atomic mass is 35.5. The standard InChI is InChI=1S/C9H12ClFN2/c1-5-12-7(9(2,3)4)6(11)8(10)13-5/h1-4H3. The van der Waals surface area contributed by atoms with Gasteiger partial charge in [-0.2, -0.15) is 0 Å². The van der Waals surface area contributed by atoms with Crippen molar-refractivity contribution in [2.45, 2.75) is 33.1 Å². The minimum atomic E-state index is -0.514. The highest BCUT2D eigenvalue weighted by Crippen LogP contribution is 2.26. The summed E-state index contributed by atoms with van der Waals surface area (Å²) in [6, 6.07) is 0. The van der Waals surface area contributed by atoms with Crippen molar-refractivity contribution >= 4 is 11.6 Å². The first kappa shape index (κ1) is 10.4. The van der Waals surface area contributed by atoms with Crippen LogP contribution in [0, 0.1) is 12.7 Å². The van der Waals surface area contributed by atoms with Gasteiger partial charge in [0.1, 0.15) is 5.82 Å². The lowest BCUT2D eigenvalue weighted by Gasteiger charge is -2.18. The molecular weight excluding hydrogens is 191 g/mol. The molecule has 1 aromatic heterocycles. The molecule has 0 aliphatic rings. The Morgan fingerprint density at radius 3 is 2.23 bits per heavy atom. The zero-order valence-electron chi connectivity index (χ0n) is 8.15. The lowest BCUT2D eigenvalue weighted by Crippen LogP contribution is -2.17.